The number of nitrogens with one attached hydrogen (secondary N) is 1. The zero-order valence-corrected chi connectivity index (χ0v) is 11.9. The summed E-state index contributed by atoms with van der Waals surface area (Å²) in [4.78, 5) is 10.4. The molecule has 0 heterocycles. The van der Waals surface area contributed by atoms with E-state index >= 15 is 0 Å². The molecule has 0 aliphatic rings. The summed E-state index contributed by atoms with van der Waals surface area (Å²) in [5, 5.41) is 14.0. The SMILES string of the molecule is COc1ccc([N+](=O)[O-])cc1NCCCc1ccccc1. The molecule has 2 aromatic rings. The topological polar surface area (TPSA) is 64.4 Å². The van der Waals surface area contributed by atoms with Crippen molar-refractivity contribution in [2.75, 3.05) is 19.0 Å². The maximum absolute atomic E-state index is 10.8. The number of nitrogens with zero attached hydrogens (tertiary/aromatic N) is 1. The molecular weight excluding hydrogens is 268 g/mol. The van der Waals surface area contributed by atoms with Crippen molar-refractivity contribution < 1.29 is 9.66 Å². The maximum Gasteiger partial charge on any atom is 0.271 e. The van der Waals surface area contributed by atoms with Crippen LogP contribution in [0.4, 0.5) is 11.4 Å². The van der Waals surface area contributed by atoms with Crippen LogP contribution in [0.15, 0.2) is 48.5 Å². The van der Waals surface area contributed by atoms with Crippen molar-refractivity contribution in [3.63, 3.8) is 0 Å². The highest BCUT2D eigenvalue weighted by atomic mass is 16.6. The number of non-ortho nitro benzene ring substituents is 1. The van der Waals surface area contributed by atoms with Crippen molar-refractivity contribution in [1.82, 2.24) is 0 Å². The van der Waals surface area contributed by atoms with Crippen molar-refractivity contribution in [2.45, 2.75) is 12.8 Å². The van der Waals surface area contributed by atoms with Gasteiger partial charge in [0.1, 0.15) is 5.75 Å². The van der Waals surface area contributed by atoms with Gasteiger partial charge in [-0.1, -0.05) is 30.3 Å². The molecule has 0 amide bonds. The molecule has 5 heteroatoms. The third-order valence-corrected chi connectivity index (χ3v) is 3.19. The Kier molecular flexibility index (Phi) is 5.15. The molecule has 0 bridgehead atoms. The molecule has 0 saturated carbocycles. The highest BCUT2D eigenvalue weighted by Gasteiger charge is 2.10. The van der Waals surface area contributed by atoms with Crippen LogP contribution in [-0.2, 0) is 6.42 Å². The van der Waals surface area contributed by atoms with E-state index in [0.717, 1.165) is 19.4 Å². The molecular formula is C16H18N2O3. The first-order chi connectivity index (χ1) is 10.2. The van der Waals surface area contributed by atoms with Gasteiger partial charge in [-0.15, -0.1) is 0 Å². The monoisotopic (exact) mass is 286 g/mol. The minimum Gasteiger partial charge on any atom is -0.495 e. The Hall–Kier alpha value is -2.56. The second-order valence-electron chi connectivity index (χ2n) is 4.66. The molecule has 2 aromatic carbocycles. The van der Waals surface area contributed by atoms with Crippen LogP contribution in [0, 0.1) is 10.1 Å². The predicted octanol–water partition coefficient (Wildman–Crippen LogP) is 3.65. The zero-order chi connectivity index (χ0) is 15.1. The van der Waals surface area contributed by atoms with Crippen LogP contribution in [0.2, 0.25) is 0 Å². The normalized spacial score (nSPS) is 10.1. The lowest BCUT2D eigenvalue weighted by Crippen LogP contribution is -2.05. The number of ether oxygens (including phenoxy) is 1. The number of aryl methyl sites for hydroxylation is 1. The van der Waals surface area contributed by atoms with Gasteiger partial charge in [0.2, 0.25) is 0 Å². The Balaban J connectivity index is 1.92. The summed E-state index contributed by atoms with van der Waals surface area (Å²) < 4.78 is 5.21. The summed E-state index contributed by atoms with van der Waals surface area (Å²) in [5.41, 5.74) is 1.99. The Morgan fingerprint density at radius 1 is 1.19 bits per heavy atom. The summed E-state index contributed by atoms with van der Waals surface area (Å²) in [6, 6.07) is 14.8. The van der Waals surface area contributed by atoms with Crippen molar-refractivity contribution in [2.24, 2.45) is 0 Å². The van der Waals surface area contributed by atoms with E-state index in [1.165, 1.54) is 17.7 Å². The minimum absolute atomic E-state index is 0.0568. The number of hydrogen-bond acceptors (Lipinski definition) is 4. The fourth-order valence-electron chi connectivity index (χ4n) is 2.11. The average molecular weight is 286 g/mol. The van der Waals surface area contributed by atoms with Gasteiger partial charge in [0.05, 0.1) is 17.7 Å². The zero-order valence-electron chi connectivity index (χ0n) is 11.9. The van der Waals surface area contributed by atoms with Crippen molar-refractivity contribution in [1.29, 1.82) is 0 Å². The third kappa shape index (κ3) is 4.21. The average Bonchev–Trinajstić information content (AvgIpc) is 2.52. The first-order valence-corrected chi connectivity index (χ1v) is 6.81. The molecule has 110 valence electrons. The second kappa shape index (κ2) is 7.28. The molecule has 5 nitrogen and oxygen atoms in total. The van der Waals surface area contributed by atoms with Gasteiger partial charge in [-0.25, -0.2) is 0 Å². The first kappa shape index (κ1) is 14.8. The van der Waals surface area contributed by atoms with Crippen molar-refractivity contribution in [3.8, 4) is 5.75 Å². The van der Waals surface area contributed by atoms with E-state index < -0.39 is 4.92 Å². The molecule has 0 atom stereocenters. The van der Waals surface area contributed by atoms with E-state index in [4.69, 9.17) is 4.74 Å². The quantitative estimate of drug-likeness (QED) is 0.479. The van der Waals surface area contributed by atoms with E-state index in [0.29, 0.717) is 11.4 Å². The van der Waals surface area contributed by atoms with Crippen LogP contribution in [0.25, 0.3) is 0 Å². The Morgan fingerprint density at radius 3 is 2.62 bits per heavy atom. The summed E-state index contributed by atoms with van der Waals surface area (Å²) in [7, 11) is 1.55. The third-order valence-electron chi connectivity index (χ3n) is 3.19. The van der Waals surface area contributed by atoms with Crippen LogP contribution in [0.5, 0.6) is 5.75 Å². The van der Waals surface area contributed by atoms with Gasteiger partial charge in [-0.2, -0.15) is 0 Å². The summed E-state index contributed by atoms with van der Waals surface area (Å²) in [6.45, 7) is 0.729. The highest BCUT2D eigenvalue weighted by molar-refractivity contribution is 5.61. The lowest BCUT2D eigenvalue weighted by atomic mass is 10.1. The number of anilines is 1. The lowest BCUT2D eigenvalue weighted by Gasteiger charge is -2.10. The summed E-state index contributed by atoms with van der Waals surface area (Å²) >= 11 is 0. The van der Waals surface area contributed by atoms with Crippen LogP contribution < -0.4 is 10.1 Å². The molecule has 0 aliphatic heterocycles. The van der Waals surface area contributed by atoms with Crippen LogP contribution in [-0.4, -0.2) is 18.6 Å². The largest absolute Gasteiger partial charge is 0.495 e. The van der Waals surface area contributed by atoms with Gasteiger partial charge < -0.3 is 10.1 Å². The summed E-state index contributed by atoms with van der Waals surface area (Å²) in [6.07, 6.45) is 1.90. The van der Waals surface area contributed by atoms with Gasteiger partial charge in [0.15, 0.2) is 0 Å². The number of methoxy groups -OCH3 is 1. The fourth-order valence-corrected chi connectivity index (χ4v) is 2.11. The van der Waals surface area contributed by atoms with E-state index in [9.17, 15) is 10.1 Å². The van der Waals surface area contributed by atoms with Gasteiger partial charge >= 0.3 is 0 Å². The Bertz CT molecular complexity index is 600. The van der Waals surface area contributed by atoms with E-state index in [1.54, 1.807) is 13.2 Å². The standard InChI is InChI=1S/C16H18N2O3/c1-21-16-10-9-14(18(19)20)12-15(16)17-11-5-8-13-6-3-2-4-7-13/h2-4,6-7,9-10,12,17H,5,8,11H2,1H3. The van der Waals surface area contributed by atoms with Gasteiger partial charge in [-0.3, -0.25) is 10.1 Å². The number of nitro groups is 1. The number of benzene rings is 2. The molecule has 0 radical (unpaired) electrons. The Labute approximate surface area is 123 Å². The van der Waals surface area contributed by atoms with E-state index in [-0.39, 0.29) is 5.69 Å². The molecule has 0 saturated heterocycles. The van der Waals surface area contributed by atoms with Crippen LogP contribution in [0.3, 0.4) is 0 Å². The maximum atomic E-state index is 10.8. The fraction of sp³-hybridized carbons (Fsp3) is 0.250. The highest BCUT2D eigenvalue weighted by Crippen LogP contribution is 2.28. The van der Waals surface area contributed by atoms with Crippen LogP contribution >= 0.6 is 0 Å². The molecule has 2 rings (SSSR count). The smallest absolute Gasteiger partial charge is 0.271 e. The molecule has 1 N–H and O–H groups in total. The first-order valence-electron chi connectivity index (χ1n) is 6.81. The molecule has 0 aromatic heterocycles. The van der Waals surface area contributed by atoms with Gasteiger partial charge in [0.25, 0.3) is 5.69 Å². The number of rotatable bonds is 7. The number of hydrogen-bond donors (Lipinski definition) is 1. The van der Waals surface area contributed by atoms with Gasteiger partial charge in [0, 0.05) is 18.7 Å². The minimum atomic E-state index is -0.408. The molecule has 0 fully saturated rings. The molecule has 21 heavy (non-hydrogen) atoms. The molecule has 0 spiro atoms. The Morgan fingerprint density at radius 2 is 1.95 bits per heavy atom. The second-order valence-corrected chi connectivity index (χ2v) is 4.66. The van der Waals surface area contributed by atoms with E-state index in [2.05, 4.69) is 17.4 Å². The molecule has 0 unspecified atom stereocenters. The van der Waals surface area contributed by atoms with E-state index in [1.807, 2.05) is 18.2 Å². The number of nitro benzene ring substituents is 1. The van der Waals surface area contributed by atoms with Crippen molar-refractivity contribution >= 4 is 11.4 Å². The lowest BCUT2D eigenvalue weighted by molar-refractivity contribution is -0.384. The van der Waals surface area contributed by atoms with Gasteiger partial charge in [-0.05, 0) is 24.5 Å². The predicted molar refractivity (Wildman–Crippen MR) is 82.9 cm³/mol. The van der Waals surface area contributed by atoms with Crippen molar-refractivity contribution in [3.05, 3.63) is 64.2 Å². The van der Waals surface area contributed by atoms with Crippen LogP contribution in [0.1, 0.15) is 12.0 Å². The molecule has 0 aliphatic carbocycles. The summed E-state index contributed by atoms with van der Waals surface area (Å²) in [5.74, 6) is 0.611.